The minimum absolute atomic E-state index is 0.0659. The number of hydrogen-bond acceptors (Lipinski definition) is 3. The molecule has 1 atom stereocenters. The summed E-state index contributed by atoms with van der Waals surface area (Å²) in [5, 5.41) is 5.77. The summed E-state index contributed by atoms with van der Waals surface area (Å²) in [7, 11) is 0. The van der Waals surface area contributed by atoms with E-state index < -0.39 is 0 Å². The van der Waals surface area contributed by atoms with Crippen molar-refractivity contribution in [3.63, 3.8) is 0 Å². The molecule has 2 aromatic rings. The molecular formula is C17H21N3OS. The predicted molar refractivity (Wildman–Crippen MR) is 93.3 cm³/mol. The van der Waals surface area contributed by atoms with Crippen molar-refractivity contribution in [1.82, 2.24) is 10.3 Å². The summed E-state index contributed by atoms with van der Waals surface area (Å²) in [4.78, 5) is 16.0. The fourth-order valence-electron chi connectivity index (χ4n) is 2.07. The molecule has 0 radical (unpaired) electrons. The number of amides is 2. The number of aromatic nitrogens is 1. The summed E-state index contributed by atoms with van der Waals surface area (Å²) in [5.41, 5.74) is 3.11. The lowest BCUT2D eigenvalue weighted by Crippen LogP contribution is -2.31. The SMILES string of the molecule is CSCCc1ccc(NC(=O)NC(C)c2ccncc2)cc1. The molecule has 0 aliphatic rings. The molecule has 0 aliphatic heterocycles. The third kappa shape index (κ3) is 5.07. The van der Waals surface area contributed by atoms with Crippen molar-refractivity contribution in [3.05, 3.63) is 59.9 Å². The van der Waals surface area contributed by atoms with E-state index in [-0.39, 0.29) is 12.1 Å². The van der Waals surface area contributed by atoms with Crippen LogP contribution in [0.3, 0.4) is 0 Å². The number of benzene rings is 1. The molecule has 5 heteroatoms. The number of nitrogens with one attached hydrogen (secondary N) is 2. The van der Waals surface area contributed by atoms with Gasteiger partial charge in [-0.2, -0.15) is 11.8 Å². The second-order valence-electron chi connectivity index (χ2n) is 5.04. The van der Waals surface area contributed by atoms with Crippen LogP contribution >= 0.6 is 11.8 Å². The van der Waals surface area contributed by atoms with Gasteiger partial charge >= 0.3 is 6.03 Å². The molecule has 1 aromatic heterocycles. The van der Waals surface area contributed by atoms with Gasteiger partial charge in [0.25, 0.3) is 0 Å². The molecule has 1 unspecified atom stereocenters. The Hall–Kier alpha value is -2.01. The normalized spacial score (nSPS) is 11.7. The van der Waals surface area contributed by atoms with Crippen molar-refractivity contribution in [1.29, 1.82) is 0 Å². The second kappa shape index (κ2) is 8.44. The zero-order chi connectivity index (χ0) is 15.8. The number of hydrogen-bond donors (Lipinski definition) is 2. The Labute approximate surface area is 135 Å². The molecule has 2 N–H and O–H groups in total. The molecule has 1 heterocycles. The van der Waals surface area contributed by atoms with E-state index in [1.54, 1.807) is 12.4 Å². The molecule has 0 bridgehead atoms. The Kier molecular flexibility index (Phi) is 6.27. The van der Waals surface area contributed by atoms with Crippen LogP contribution in [0.15, 0.2) is 48.8 Å². The highest BCUT2D eigenvalue weighted by molar-refractivity contribution is 7.98. The Morgan fingerprint density at radius 2 is 1.86 bits per heavy atom. The van der Waals surface area contributed by atoms with Crippen LogP contribution in [0.25, 0.3) is 0 Å². The molecule has 1 aromatic carbocycles. The first-order valence-corrected chi connectivity index (χ1v) is 8.63. The van der Waals surface area contributed by atoms with Gasteiger partial charge in [-0.15, -0.1) is 0 Å². The molecule has 2 rings (SSSR count). The molecule has 0 saturated carbocycles. The minimum Gasteiger partial charge on any atom is -0.331 e. The van der Waals surface area contributed by atoms with Crippen LogP contribution in [-0.2, 0) is 6.42 Å². The molecule has 0 fully saturated rings. The third-order valence-electron chi connectivity index (χ3n) is 3.36. The summed E-state index contributed by atoms with van der Waals surface area (Å²) in [5.74, 6) is 1.11. The third-order valence-corrected chi connectivity index (χ3v) is 3.97. The van der Waals surface area contributed by atoms with Gasteiger partial charge in [0.1, 0.15) is 0 Å². The van der Waals surface area contributed by atoms with Gasteiger partial charge in [-0.25, -0.2) is 4.79 Å². The van der Waals surface area contributed by atoms with Gasteiger partial charge in [0, 0.05) is 18.1 Å². The highest BCUT2D eigenvalue weighted by Gasteiger charge is 2.09. The van der Waals surface area contributed by atoms with Crippen LogP contribution in [0.2, 0.25) is 0 Å². The molecule has 0 saturated heterocycles. The Balaban J connectivity index is 1.86. The van der Waals surface area contributed by atoms with E-state index in [0.29, 0.717) is 0 Å². The van der Waals surface area contributed by atoms with Gasteiger partial charge in [-0.3, -0.25) is 4.98 Å². The monoisotopic (exact) mass is 315 g/mol. The lowest BCUT2D eigenvalue weighted by Gasteiger charge is -2.15. The van der Waals surface area contributed by atoms with Crippen LogP contribution in [0.4, 0.5) is 10.5 Å². The van der Waals surface area contributed by atoms with Gasteiger partial charge in [0.05, 0.1) is 6.04 Å². The number of rotatable bonds is 6. The largest absolute Gasteiger partial charge is 0.331 e. The van der Waals surface area contributed by atoms with Crippen LogP contribution in [0, 0.1) is 0 Å². The fraction of sp³-hybridized carbons (Fsp3) is 0.294. The molecule has 0 aliphatic carbocycles. The fourth-order valence-corrected chi connectivity index (χ4v) is 2.51. The summed E-state index contributed by atoms with van der Waals surface area (Å²) < 4.78 is 0. The zero-order valence-corrected chi connectivity index (χ0v) is 13.7. The number of nitrogens with zero attached hydrogens (tertiary/aromatic N) is 1. The first-order valence-electron chi connectivity index (χ1n) is 7.24. The number of urea groups is 1. The number of anilines is 1. The van der Waals surface area contributed by atoms with E-state index in [9.17, 15) is 4.79 Å². The topological polar surface area (TPSA) is 54.0 Å². The summed E-state index contributed by atoms with van der Waals surface area (Å²) in [6.45, 7) is 1.94. The molecule has 116 valence electrons. The van der Waals surface area contributed by atoms with Gasteiger partial charge in [0.15, 0.2) is 0 Å². The van der Waals surface area contributed by atoms with Gasteiger partial charge < -0.3 is 10.6 Å². The van der Waals surface area contributed by atoms with Crippen molar-refractivity contribution >= 4 is 23.5 Å². The Bertz CT molecular complexity index is 587. The highest BCUT2D eigenvalue weighted by atomic mass is 32.2. The Morgan fingerprint density at radius 3 is 2.50 bits per heavy atom. The first kappa shape index (κ1) is 16.4. The van der Waals surface area contributed by atoms with Gasteiger partial charge in [0.2, 0.25) is 0 Å². The van der Waals surface area contributed by atoms with E-state index in [1.807, 2.05) is 43.0 Å². The van der Waals surface area contributed by atoms with E-state index in [0.717, 1.165) is 23.4 Å². The van der Waals surface area contributed by atoms with Crippen molar-refractivity contribution in [3.8, 4) is 0 Å². The summed E-state index contributed by atoms with van der Waals surface area (Å²) >= 11 is 1.83. The standard InChI is InChI=1S/C17H21N3OS/c1-13(15-7-10-18-11-8-15)19-17(21)20-16-5-3-14(4-6-16)9-12-22-2/h3-8,10-11,13H,9,12H2,1-2H3,(H2,19,20,21). The highest BCUT2D eigenvalue weighted by Crippen LogP contribution is 2.13. The van der Waals surface area contributed by atoms with Crippen molar-refractivity contribution < 1.29 is 4.79 Å². The van der Waals surface area contributed by atoms with Crippen LogP contribution in [0.1, 0.15) is 24.1 Å². The van der Waals surface area contributed by atoms with Crippen molar-refractivity contribution in [2.24, 2.45) is 0 Å². The number of pyridine rings is 1. The molecule has 0 spiro atoms. The van der Waals surface area contributed by atoms with Gasteiger partial charge in [-0.1, -0.05) is 12.1 Å². The van der Waals surface area contributed by atoms with Crippen LogP contribution < -0.4 is 10.6 Å². The van der Waals surface area contributed by atoms with E-state index in [1.165, 1.54) is 5.56 Å². The maximum Gasteiger partial charge on any atom is 0.319 e. The van der Waals surface area contributed by atoms with E-state index in [4.69, 9.17) is 0 Å². The quantitative estimate of drug-likeness (QED) is 0.851. The maximum absolute atomic E-state index is 12.0. The summed E-state index contributed by atoms with van der Waals surface area (Å²) in [6.07, 6.45) is 6.59. The minimum atomic E-state index is -0.207. The lowest BCUT2D eigenvalue weighted by molar-refractivity contribution is 0.249. The molecular weight excluding hydrogens is 294 g/mol. The smallest absolute Gasteiger partial charge is 0.319 e. The number of aryl methyl sites for hydroxylation is 1. The second-order valence-corrected chi connectivity index (χ2v) is 6.03. The predicted octanol–water partition coefficient (Wildman–Crippen LogP) is 3.87. The maximum atomic E-state index is 12.0. The lowest BCUT2D eigenvalue weighted by atomic mass is 10.1. The average molecular weight is 315 g/mol. The molecule has 2 amide bonds. The molecule has 4 nitrogen and oxygen atoms in total. The number of carbonyl (C=O) groups excluding carboxylic acids is 1. The van der Waals surface area contributed by atoms with Crippen molar-refractivity contribution in [2.75, 3.05) is 17.3 Å². The van der Waals surface area contributed by atoms with Crippen LogP contribution in [-0.4, -0.2) is 23.0 Å². The number of thioether (sulfide) groups is 1. The van der Waals surface area contributed by atoms with Crippen molar-refractivity contribution in [2.45, 2.75) is 19.4 Å². The Morgan fingerprint density at radius 1 is 1.18 bits per heavy atom. The van der Waals surface area contributed by atoms with Gasteiger partial charge in [-0.05, 0) is 60.7 Å². The van der Waals surface area contributed by atoms with E-state index in [2.05, 4.69) is 34.0 Å². The summed E-state index contributed by atoms with van der Waals surface area (Å²) in [6, 6.07) is 11.5. The van der Waals surface area contributed by atoms with E-state index >= 15 is 0 Å². The zero-order valence-electron chi connectivity index (χ0n) is 12.9. The average Bonchev–Trinajstić information content (AvgIpc) is 2.55. The first-order chi connectivity index (χ1) is 10.7. The number of carbonyl (C=O) groups is 1. The van der Waals surface area contributed by atoms with Crippen LogP contribution in [0.5, 0.6) is 0 Å². The molecule has 22 heavy (non-hydrogen) atoms.